The maximum Gasteiger partial charge on any atom is 0.333 e. The van der Waals surface area contributed by atoms with Crippen LogP contribution in [0.2, 0.25) is 0 Å². The largest absolute Gasteiger partial charge is 0.466 e. The van der Waals surface area contributed by atoms with E-state index >= 15 is 0 Å². The van der Waals surface area contributed by atoms with Crippen LogP contribution >= 0.6 is 0 Å². The Morgan fingerprint density at radius 2 is 2.04 bits per heavy atom. The second-order valence-corrected chi connectivity index (χ2v) is 5.66. The van der Waals surface area contributed by atoms with Gasteiger partial charge < -0.3 is 18.9 Å². The second-order valence-electron chi connectivity index (χ2n) is 5.66. The lowest BCUT2D eigenvalue weighted by Gasteiger charge is -2.27. The number of carbonyl (C=O) groups excluding carboxylic acids is 1. The highest BCUT2D eigenvalue weighted by molar-refractivity contribution is 5.82. The minimum Gasteiger partial charge on any atom is -0.466 e. The van der Waals surface area contributed by atoms with Crippen LogP contribution < -0.4 is 0 Å². The highest BCUT2D eigenvalue weighted by Gasteiger charge is 2.53. The molecular formula is C19H22O5. The van der Waals surface area contributed by atoms with Crippen LogP contribution in [0.5, 0.6) is 0 Å². The summed E-state index contributed by atoms with van der Waals surface area (Å²) >= 11 is 0. The number of terminal acetylenes is 1. The average Bonchev–Trinajstić information content (AvgIpc) is 2.87. The van der Waals surface area contributed by atoms with Gasteiger partial charge in [-0.3, -0.25) is 0 Å². The topological polar surface area (TPSA) is 54.0 Å². The molecule has 1 aromatic carbocycles. The van der Waals surface area contributed by atoms with E-state index in [-0.39, 0.29) is 6.42 Å². The van der Waals surface area contributed by atoms with Crippen LogP contribution in [0.1, 0.15) is 25.3 Å². The van der Waals surface area contributed by atoms with Gasteiger partial charge in [-0.25, -0.2) is 4.79 Å². The summed E-state index contributed by atoms with van der Waals surface area (Å²) in [7, 11) is 2.77. The van der Waals surface area contributed by atoms with E-state index in [1.54, 1.807) is 6.92 Å². The molecule has 0 saturated carbocycles. The van der Waals surface area contributed by atoms with Gasteiger partial charge in [0.05, 0.1) is 13.2 Å². The van der Waals surface area contributed by atoms with Gasteiger partial charge in [0.1, 0.15) is 11.4 Å². The quantitative estimate of drug-likeness (QED) is 0.456. The number of hydrogen-bond donors (Lipinski definition) is 0. The molecular weight excluding hydrogens is 308 g/mol. The van der Waals surface area contributed by atoms with Gasteiger partial charge >= 0.3 is 11.9 Å². The fourth-order valence-corrected chi connectivity index (χ4v) is 2.67. The van der Waals surface area contributed by atoms with Gasteiger partial charge in [0.15, 0.2) is 0 Å². The number of ether oxygens (including phenoxy) is 4. The molecule has 2 unspecified atom stereocenters. The first-order valence-electron chi connectivity index (χ1n) is 7.69. The molecule has 128 valence electrons. The number of benzene rings is 1. The average molecular weight is 330 g/mol. The Hall–Kier alpha value is -2.29. The standard InChI is InChI=1S/C19H22O5/c1-5-12-19(13-11-15-9-7-6-8-10-15)16(14-17(20)21-3)23-18(2,22-4)24-19/h1,6-10,14H,11-13H2,2-4H3/b16-14-. The number of methoxy groups -OCH3 is 2. The molecule has 0 aromatic heterocycles. The van der Waals surface area contributed by atoms with Crippen molar-refractivity contribution >= 4 is 5.97 Å². The lowest BCUT2D eigenvalue weighted by Crippen LogP contribution is -2.36. The number of aryl methyl sites for hydroxylation is 1. The zero-order valence-electron chi connectivity index (χ0n) is 14.2. The predicted octanol–water partition coefficient (Wildman–Crippen LogP) is 2.81. The summed E-state index contributed by atoms with van der Waals surface area (Å²) in [5, 5.41) is 0. The number of rotatable bonds is 6. The van der Waals surface area contributed by atoms with Crippen molar-refractivity contribution in [2.45, 2.75) is 37.8 Å². The molecule has 24 heavy (non-hydrogen) atoms. The maximum absolute atomic E-state index is 11.7. The Morgan fingerprint density at radius 3 is 2.62 bits per heavy atom. The van der Waals surface area contributed by atoms with E-state index in [2.05, 4.69) is 5.92 Å². The van der Waals surface area contributed by atoms with Gasteiger partial charge in [-0.15, -0.1) is 12.3 Å². The van der Waals surface area contributed by atoms with E-state index in [0.29, 0.717) is 18.6 Å². The third kappa shape index (κ3) is 3.97. The number of carbonyl (C=O) groups is 1. The van der Waals surface area contributed by atoms with Crippen molar-refractivity contribution in [1.29, 1.82) is 0 Å². The van der Waals surface area contributed by atoms with Crippen LogP contribution in [-0.4, -0.2) is 31.8 Å². The van der Waals surface area contributed by atoms with Crippen LogP contribution in [0.4, 0.5) is 0 Å². The van der Waals surface area contributed by atoms with E-state index in [1.807, 2.05) is 30.3 Å². The molecule has 1 aliphatic rings. The van der Waals surface area contributed by atoms with Crippen LogP contribution in [0.25, 0.3) is 0 Å². The molecule has 0 aliphatic carbocycles. The fourth-order valence-electron chi connectivity index (χ4n) is 2.67. The van der Waals surface area contributed by atoms with Crippen LogP contribution in [0.15, 0.2) is 42.2 Å². The fraction of sp³-hybridized carbons (Fsp3) is 0.421. The highest BCUT2D eigenvalue weighted by atomic mass is 16.9. The highest BCUT2D eigenvalue weighted by Crippen LogP contribution is 2.44. The Balaban J connectivity index is 2.33. The molecule has 1 aliphatic heterocycles. The van der Waals surface area contributed by atoms with Crippen LogP contribution in [-0.2, 0) is 30.2 Å². The lowest BCUT2D eigenvalue weighted by molar-refractivity contribution is -0.321. The maximum atomic E-state index is 11.7. The molecule has 1 fully saturated rings. The van der Waals surface area contributed by atoms with Gasteiger partial charge in [-0.1, -0.05) is 30.3 Å². The third-order valence-corrected chi connectivity index (χ3v) is 3.99. The first kappa shape index (κ1) is 18.1. The summed E-state index contributed by atoms with van der Waals surface area (Å²) in [6.07, 6.45) is 8.33. The first-order valence-corrected chi connectivity index (χ1v) is 7.69. The smallest absolute Gasteiger partial charge is 0.333 e. The van der Waals surface area contributed by atoms with Crippen LogP contribution in [0.3, 0.4) is 0 Å². The van der Waals surface area contributed by atoms with Crippen LogP contribution in [0, 0.1) is 12.3 Å². The summed E-state index contributed by atoms with van der Waals surface area (Å²) in [6, 6.07) is 9.96. The summed E-state index contributed by atoms with van der Waals surface area (Å²) in [6.45, 7) is 1.64. The minimum atomic E-state index is -1.30. The second kappa shape index (κ2) is 7.52. The molecule has 0 bridgehead atoms. The van der Waals surface area contributed by atoms with Gasteiger partial charge in [-0.2, -0.15) is 0 Å². The third-order valence-electron chi connectivity index (χ3n) is 3.99. The number of esters is 1. The summed E-state index contributed by atoms with van der Waals surface area (Å²) in [5.41, 5.74) is 0.199. The van der Waals surface area contributed by atoms with Crippen molar-refractivity contribution in [1.82, 2.24) is 0 Å². The molecule has 0 N–H and O–H groups in total. The number of hydrogen-bond acceptors (Lipinski definition) is 5. The van der Waals surface area contributed by atoms with E-state index in [4.69, 9.17) is 25.4 Å². The van der Waals surface area contributed by atoms with Gasteiger partial charge in [0.2, 0.25) is 0 Å². The first-order chi connectivity index (χ1) is 11.5. The summed E-state index contributed by atoms with van der Waals surface area (Å²) in [4.78, 5) is 11.7. The Labute approximate surface area is 142 Å². The van der Waals surface area contributed by atoms with Crippen molar-refractivity contribution in [3.8, 4) is 12.3 Å². The molecule has 2 atom stereocenters. The molecule has 5 nitrogen and oxygen atoms in total. The molecule has 0 radical (unpaired) electrons. The van der Waals surface area contributed by atoms with Crippen molar-refractivity contribution in [3.63, 3.8) is 0 Å². The van der Waals surface area contributed by atoms with Crippen molar-refractivity contribution in [3.05, 3.63) is 47.7 Å². The van der Waals surface area contributed by atoms with Crippen molar-refractivity contribution in [2.75, 3.05) is 14.2 Å². The van der Waals surface area contributed by atoms with Crippen molar-refractivity contribution in [2.24, 2.45) is 0 Å². The van der Waals surface area contributed by atoms with E-state index in [0.717, 1.165) is 5.56 Å². The molecule has 5 heteroatoms. The van der Waals surface area contributed by atoms with E-state index in [1.165, 1.54) is 20.3 Å². The monoisotopic (exact) mass is 330 g/mol. The molecule has 1 saturated heterocycles. The normalized spacial score (nSPS) is 27.5. The minimum absolute atomic E-state index is 0.252. The Bertz CT molecular complexity index is 645. The van der Waals surface area contributed by atoms with Crippen molar-refractivity contribution < 1.29 is 23.7 Å². The SMILES string of the molecule is C#CCC1(CCc2ccccc2)OC(C)(OC)O/C1=C\C(=O)OC. The predicted molar refractivity (Wildman–Crippen MR) is 88.6 cm³/mol. The molecule has 1 heterocycles. The summed E-state index contributed by atoms with van der Waals surface area (Å²) in [5.74, 6) is 1.11. The zero-order valence-corrected chi connectivity index (χ0v) is 14.2. The van der Waals surface area contributed by atoms with Gasteiger partial charge in [-0.05, 0) is 18.4 Å². The van der Waals surface area contributed by atoms with Gasteiger partial charge in [0, 0.05) is 20.5 Å². The molecule has 2 rings (SSSR count). The molecule has 0 amide bonds. The van der Waals surface area contributed by atoms with E-state index in [9.17, 15) is 4.79 Å². The summed E-state index contributed by atoms with van der Waals surface area (Å²) < 4.78 is 21.8. The van der Waals surface area contributed by atoms with E-state index < -0.39 is 17.5 Å². The Morgan fingerprint density at radius 1 is 1.33 bits per heavy atom. The Kier molecular flexibility index (Phi) is 5.66. The lowest BCUT2D eigenvalue weighted by atomic mass is 9.89. The molecule has 1 aromatic rings. The zero-order chi connectivity index (χ0) is 17.6. The molecule has 0 spiro atoms. The van der Waals surface area contributed by atoms with Gasteiger partial charge in [0.25, 0.3) is 0 Å².